The summed E-state index contributed by atoms with van der Waals surface area (Å²) in [6.07, 6.45) is 14.1. The Hall–Kier alpha value is -0.690. The van der Waals surface area contributed by atoms with Gasteiger partial charge >= 0.3 is 5.97 Å². The van der Waals surface area contributed by atoms with E-state index in [0.29, 0.717) is 39.2 Å². The molecule has 0 bridgehead atoms. The van der Waals surface area contributed by atoms with Crippen LogP contribution in [0.1, 0.15) is 104 Å². The van der Waals surface area contributed by atoms with Gasteiger partial charge in [-0.3, -0.25) is 4.79 Å². The molecule has 2 N–H and O–H groups in total. The molecule has 0 saturated carbocycles. The van der Waals surface area contributed by atoms with E-state index in [1.54, 1.807) is 0 Å². The van der Waals surface area contributed by atoms with Gasteiger partial charge in [-0.05, 0) is 32.2 Å². The van der Waals surface area contributed by atoms with E-state index < -0.39 is 0 Å². The Morgan fingerprint density at radius 2 is 1.33 bits per heavy atom. The number of hydrogen-bond donors (Lipinski definition) is 2. The molecule has 0 aliphatic rings. The molecule has 0 aromatic carbocycles. The molecule has 0 heterocycles. The fraction of sp³-hybridized carbons (Fsp3) is 0.958. The Labute approximate surface area is 185 Å². The van der Waals surface area contributed by atoms with Crippen molar-refractivity contribution in [1.82, 2.24) is 5.32 Å². The Morgan fingerprint density at radius 1 is 0.767 bits per heavy atom. The Kier molecular flexibility index (Phi) is 24.0. The van der Waals surface area contributed by atoms with E-state index in [2.05, 4.69) is 19.2 Å². The minimum Gasteiger partial charge on any atom is -0.466 e. The van der Waals surface area contributed by atoms with Crippen molar-refractivity contribution < 1.29 is 24.1 Å². The zero-order chi connectivity index (χ0) is 22.1. The van der Waals surface area contributed by atoms with Crippen LogP contribution >= 0.6 is 0 Å². The molecule has 0 rings (SSSR count). The maximum atomic E-state index is 12.0. The van der Waals surface area contributed by atoms with Crippen LogP contribution in [0.2, 0.25) is 0 Å². The molecule has 0 spiro atoms. The molecule has 0 atom stereocenters. The van der Waals surface area contributed by atoms with Crippen molar-refractivity contribution in [3.05, 3.63) is 0 Å². The van der Waals surface area contributed by atoms with Gasteiger partial charge in [0, 0.05) is 26.2 Å². The number of esters is 1. The minimum absolute atomic E-state index is 0.159. The van der Waals surface area contributed by atoms with Crippen molar-refractivity contribution in [2.75, 3.05) is 39.5 Å². The van der Waals surface area contributed by atoms with E-state index in [1.807, 2.05) is 0 Å². The van der Waals surface area contributed by atoms with Crippen LogP contribution in [0.15, 0.2) is 0 Å². The lowest BCUT2D eigenvalue weighted by atomic mass is 10.2. The highest BCUT2D eigenvalue weighted by Crippen LogP contribution is 2.10. The summed E-state index contributed by atoms with van der Waals surface area (Å²) in [7, 11) is 0. The van der Waals surface area contributed by atoms with Gasteiger partial charge in [0.2, 0.25) is 0 Å². The molecule has 0 fully saturated rings. The van der Waals surface area contributed by atoms with E-state index >= 15 is 0 Å². The van der Waals surface area contributed by atoms with E-state index in [-0.39, 0.29) is 18.9 Å². The molecule has 30 heavy (non-hydrogen) atoms. The summed E-state index contributed by atoms with van der Waals surface area (Å²) in [6, 6.07) is 0. The van der Waals surface area contributed by atoms with Crippen LogP contribution in [-0.4, -0.2) is 56.9 Å². The lowest BCUT2D eigenvalue weighted by molar-refractivity contribution is -0.159. The normalized spacial score (nSPS) is 11.3. The Balaban J connectivity index is 3.84. The second-order valence-electron chi connectivity index (χ2n) is 7.94. The maximum Gasteiger partial charge on any atom is 0.305 e. The SMILES string of the molecule is CCCCCCOC(CCC(=O)OCCCCCCNCCO)OCCCCCC. The topological polar surface area (TPSA) is 77.0 Å². The van der Waals surface area contributed by atoms with Gasteiger partial charge in [-0.2, -0.15) is 0 Å². The van der Waals surface area contributed by atoms with Gasteiger partial charge in [-0.1, -0.05) is 65.2 Å². The van der Waals surface area contributed by atoms with Gasteiger partial charge in [0.1, 0.15) is 0 Å². The number of ether oxygens (including phenoxy) is 3. The van der Waals surface area contributed by atoms with E-state index in [1.165, 1.54) is 38.5 Å². The standard InChI is InChI=1S/C24H49NO5/c1-3-5-7-12-21-29-24(30-22-13-8-6-4-2)16-15-23(27)28-20-14-10-9-11-17-25-18-19-26/h24-26H,3-22H2,1-2H3. The van der Waals surface area contributed by atoms with Crippen molar-refractivity contribution in [3.63, 3.8) is 0 Å². The third-order valence-corrected chi connectivity index (χ3v) is 4.99. The number of unbranched alkanes of at least 4 members (excludes halogenated alkanes) is 9. The number of aliphatic hydroxyl groups is 1. The summed E-state index contributed by atoms with van der Waals surface area (Å²) < 4.78 is 17.1. The van der Waals surface area contributed by atoms with Crippen molar-refractivity contribution in [1.29, 1.82) is 0 Å². The monoisotopic (exact) mass is 431 g/mol. The van der Waals surface area contributed by atoms with Gasteiger partial charge in [0.05, 0.1) is 19.6 Å². The van der Waals surface area contributed by atoms with Crippen molar-refractivity contribution >= 4 is 5.97 Å². The average molecular weight is 432 g/mol. The van der Waals surface area contributed by atoms with Crippen molar-refractivity contribution in [3.8, 4) is 0 Å². The molecule has 180 valence electrons. The lowest BCUT2D eigenvalue weighted by Gasteiger charge is -2.18. The van der Waals surface area contributed by atoms with E-state index in [0.717, 1.165) is 45.1 Å². The second kappa shape index (κ2) is 24.6. The highest BCUT2D eigenvalue weighted by atomic mass is 16.7. The molecule has 0 saturated heterocycles. The van der Waals surface area contributed by atoms with Crippen molar-refractivity contribution in [2.24, 2.45) is 0 Å². The quantitative estimate of drug-likeness (QED) is 0.128. The van der Waals surface area contributed by atoms with Gasteiger partial charge < -0.3 is 24.6 Å². The predicted molar refractivity (Wildman–Crippen MR) is 123 cm³/mol. The third kappa shape index (κ3) is 22.0. The summed E-state index contributed by atoms with van der Waals surface area (Å²) in [5.41, 5.74) is 0. The Bertz CT molecular complexity index is 340. The third-order valence-electron chi connectivity index (χ3n) is 4.99. The van der Waals surface area contributed by atoms with Gasteiger partial charge in [-0.25, -0.2) is 0 Å². The number of hydrogen-bond acceptors (Lipinski definition) is 6. The van der Waals surface area contributed by atoms with Crippen LogP contribution in [0.3, 0.4) is 0 Å². The van der Waals surface area contributed by atoms with Gasteiger partial charge in [-0.15, -0.1) is 0 Å². The molecule has 0 unspecified atom stereocenters. The predicted octanol–water partition coefficient (Wildman–Crippen LogP) is 4.97. The molecule has 6 nitrogen and oxygen atoms in total. The van der Waals surface area contributed by atoms with Crippen LogP contribution in [0.5, 0.6) is 0 Å². The second-order valence-corrected chi connectivity index (χ2v) is 7.94. The van der Waals surface area contributed by atoms with Crippen LogP contribution < -0.4 is 5.32 Å². The van der Waals surface area contributed by atoms with E-state index in [4.69, 9.17) is 19.3 Å². The first-order valence-electron chi connectivity index (χ1n) is 12.4. The number of carbonyl (C=O) groups is 1. The smallest absolute Gasteiger partial charge is 0.305 e. The maximum absolute atomic E-state index is 12.0. The summed E-state index contributed by atoms with van der Waals surface area (Å²) in [6.45, 7) is 8.05. The summed E-state index contributed by atoms with van der Waals surface area (Å²) >= 11 is 0. The summed E-state index contributed by atoms with van der Waals surface area (Å²) in [5.74, 6) is -0.159. The molecule has 0 aromatic heterocycles. The largest absolute Gasteiger partial charge is 0.466 e. The minimum atomic E-state index is -0.299. The molecule has 0 amide bonds. The molecule has 0 radical (unpaired) electrons. The molecule has 0 aliphatic heterocycles. The van der Waals surface area contributed by atoms with Crippen molar-refractivity contribution in [2.45, 2.75) is 110 Å². The number of rotatable bonds is 24. The number of carbonyl (C=O) groups excluding carboxylic acids is 1. The van der Waals surface area contributed by atoms with Gasteiger partial charge in [0.25, 0.3) is 0 Å². The van der Waals surface area contributed by atoms with E-state index in [9.17, 15) is 4.79 Å². The molecule has 0 aliphatic carbocycles. The summed E-state index contributed by atoms with van der Waals surface area (Å²) in [4.78, 5) is 12.0. The number of aliphatic hydroxyl groups excluding tert-OH is 1. The average Bonchev–Trinajstić information content (AvgIpc) is 2.75. The highest BCUT2D eigenvalue weighted by molar-refractivity contribution is 5.69. The van der Waals surface area contributed by atoms with Crippen LogP contribution in [0.25, 0.3) is 0 Å². The van der Waals surface area contributed by atoms with Crippen LogP contribution in [-0.2, 0) is 19.0 Å². The molecule has 0 aromatic rings. The van der Waals surface area contributed by atoms with Gasteiger partial charge in [0.15, 0.2) is 6.29 Å². The van der Waals surface area contributed by atoms with Crippen LogP contribution in [0.4, 0.5) is 0 Å². The number of nitrogens with one attached hydrogen (secondary N) is 1. The highest BCUT2D eigenvalue weighted by Gasteiger charge is 2.13. The molecule has 6 heteroatoms. The zero-order valence-corrected chi connectivity index (χ0v) is 19.8. The van der Waals surface area contributed by atoms with Crippen LogP contribution in [0, 0.1) is 0 Å². The lowest BCUT2D eigenvalue weighted by Crippen LogP contribution is -2.21. The first-order valence-corrected chi connectivity index (χ1v) is 12.4. The summed E-state index contributed by atoms with van der Waals surface area (Å²) in [5, 5.41) is 11.9. The fourth-order valence-corrected chi connectivity index (χ4v) is 3.11. The fourth-order valence-electron chi connectivity index (χ4n) is 3.11. The Morgan fingerprint density at radius 3 is 1.93 bits per heavy atom. The molecular weight excluding hydrogens is 382 g/mol. The zero-order valence-electron chi connectivity index (χ0n) is 19.8. The first kappa shape index (κ1) is 29.3. The first-order chi connectivity index (χ1) is 14.7. The molecular formula is C24H49NO5.